The molecule has 0 saturated heterocycles. The highest BCUT2D eigenvalue weighted by Gasteiger charge is 2.20. The van der Waals surface area contributed by atoms with E-state index in [1.54, 1.807) is 24.3 Å². The summed E-state index contributed by atoms with van der Waals surface area (Å²) in [6.07, 6.45) is 11.3. The molecule has 1 aliphatic carbocycles. The molecule has 1 aromatic rings. The number of aryl methyl sites for hydroxylation is 1. The normalized spacial score (nSPS) is 21.9. The van der Waals surface area contributed by atoms with Crippen LogP contribution >= 0.6 is 0 Å². The predicted molar refractivity (Wildman–Crippen MR) is 97.5 cm³/mol. The van der Waals surface area contributed by atoms with Gasteiger partial charge in [-0.1, -0.05) is 54.8 Å². The number of allylic oxidation sites excluding steroid dienone is 2. The predicted octanol–water partition coefficient (Wildman–Crippen LogP) is 4.99. The van der Waals surface area contributed by atoms with Gasteiger partial charge >= 0.3 is 10.1 Å². The smallest absolute Gasteiger partial charge is 0.265 e. The van der Waals surface area contributed by atoms with Gasteiger partial charge in [0.05, 0.1) is 5.71 Å². The Morgan fingerprint density at radius 2 is 1.88 bits per heavy atom. The van der Waals surface area contributed by atoms with Crippen molar-refractivity contribution in [1.82, 2.24) is 0 Å². The van der Waals surface area contributed by atoms with Gasteiger partial charge in [-0.15, -0.1) is 0 Å². The fourth-order valence-corrected chi connectivity index (χ4v) is 3.61. The number of hydrogen-bond donors (Lipinski definition) is 0. The summed E-state index contributed by atoms with van der Waals surface area (Å²) in [6.45, 7) is 4.08. The molecule has 1 unspecified atom stereocenters. The average molecular weight is 349 g/mol. The molecule has 0 aliphatic heterocycles. The summed E-state index contributed by atoms with van der Waals surface area (Å²) in [5.41, 5.74) is 1.88. The van der Waals surface area contributed by atoms with E-state index in [9.17, 15) is 8.42 Å². The Balaban J connectivity index is 2.15. The Bertz CT molecular complexity index is 675. The molecule has 1 atom stereocenters. The third-order valence-corrected chi connectivity index (χ3v) is 5.48. The Morgan fingerprint density at radius 3 is 2.58 bits per heavy atom. The van der Waals surface area contributed by atoms with Gasteiger partial charge in [-0.2, -0.15) is 8.42 Å². The molecule has 0 radical (unpaired) electrons. The molecule has 0 heterocycles. The van der Waals surface area contributed by atoms with Crippen LogP contribution in [-0.2, 0) is 14.4 Å². The molecule has 24 heavy (non-hydrogen) atoms. The number of benzene rings is 1. The number of nitrogens with zero attached hydrogens (tertiary/aromatic N) is 1. The lowest BCUT2D eigenvalue weighted by Gasteiger charge is -2.19. The van der Waals surface area contributed by atoms with Gasteiger partial charge in [0.25, 0.3) is 0 Å². The van der Waals surface area contributed by atoms with Gasteiger partial charge in [0.1, 0.15) is 4.90 Å². The zero-order valence-corrected chi connectivity index (χ0v) is 15.4. The van der Waals surface area contributed by atoms with Gasteiger partial charge in [0.2, 0.25) is 0 Å². The molecule has 0 bridgehead atoms. The molecule has 0 aromatic heterocycles. The number of hydrogen-bond acceptors (Lipinski definition) is 4. The lowest BCUT2D eigenvalue weighted by atomic mass is 9.88. The van der Waals surface area contributed by atoms with Crippen molar-refractivity contribution < 1.29 is 12.7 Å². The van der Waals surface area contributed by atoms with Crippen molar-refractivity contribution in [3.05, 3.63) is 42.0 Å². The van der Waals surface area contributed by atoms with Crippen LogP contribution in [-0.4, -0.2) is 14.1 Å². The molecule has 0 N–H and O–H groups in total. The summed E-state index contributed by atoms with van der Waals surface area (Å²) in [6, 6.07) is 6.63. The molecule has 4 nitrogen and oxygen atoms in total. The summed E-state index contributed by atoms with van der Waals surface area (Å²) in [4.78, 5) is 0.147. The highest BCUT2D eigenvalue weighted by molar-refractivity contribution is 7.86. The minimum absolute atomic E-state index is 0.147. The van der Waals surface area contributed by atoms with Gasteiger partial charge < -0.3 is 0 Å². The first-order chi connectivity index (χ1) is 11.5. The van der Waals surface area contributed by atoms with E-state index in [0.717, 1.165) is 56.2 Å². The lowest BCUT2D eigenvalue weighted by Crippen LogP contribution is -2.17. The fourth-order valence-electron chi connectivity index (χ4n) is 2.86. The maximum Gasteiger partial charge on any atom is 0.358 e. The molecule has 0 fully saturated rings. The highest BCUT2D eigenvalue weighted by atomic mass is 32.2. The van der Waals surface area contributed by atoms with Crippen LogP contribution in [0.4, 0.5) is 0 Å². The van der Waals surface area contributed by atoms with Gasteiger partial charge in [-0.05, 0) is 51.2 Å². The maximum absolute atomic E-state index is 12.3. The average Bonchev–Trinajstić information content (AvgIpc) is 2.54. The van der Waals surface area contributed by atoms with Crippen LogP contribution in [0.15, 0.2) is 46.5 Å². The zero-order valence-electron chi connectivity index (χ0n) is 14.6. The third kappa shape index (κ3) is 5.48. The lowest BCUT2D eigenvalue weighted by molar-refractivity contribution is 0.331. The molecule has 1 aliphatic rings. The van der Waals surface area contributed by atoms with Crippen LogP contribution in [0.25, 0.3) is 0 Å². The zero-order chi connectivity index (χ0) is 17.4. The van der Waals surface area contributed by atoms with E-state index in [4.69, 9.17) is 4.28 Å². The molecule has 0 amide bonds. The van der Waals surface area contributed by atoms with Gasteiger partial charge in [0, 0.05) is 5.92 Å². The number of rotatable bonds is 6. The molecule has 0 saturated carbocycles. The SMILES string of the molecule is CCCCC1CC/C=C\CC/C1=N/OS(=O)(=O)c1ccc(C)cc1. The van der Waals surface area contributed by atoms with E-state index in [1.165, 1.54) is 0 Å². The van der Waals surface area contributed by atoms with Crippen LogP contribution in [0.5, 0.6) is 0 Å². The summed E-state index contributed by atoms with van der Waals surface area (Å²) >= 11 is 0. The van der Waals surface area contributed by atoms with E-state index in [0.29, 0.717) is 5.92 Å². The van der Waals surface area contributed by atoms with Crippen LogP contribution in [0, 0.1) is 12.8 Å². The second-order valence-corrected chi connectivity index (χ2v) is 7.88. The van der Waals surface area contributed by atoms with E-state index < -0.39 is 10.1 Å². The Hall–Kier alpha value is -1.62. The highest BCUT2D eigenvalue weighted by Crippen LogP contribution is 2.23. The first-order valence-electron chi connectivity index (χ1n) is 8.75. The van der Waals surface area contributed by atoms with Gasteiger partial charge in [-0.25, -0.2) is 0 Å². The largest absolute Gasteiger partial charge is 0.358 e. The second kappa shape index (κ2) is 9.02. The number of oxime groups is 1. The minimum Gasteiger partial charge on any atom is -0.265 e. The summed E-state index contributed by atoms with van der Waals surface area (Å²) in [5, 5.41) is 4.08. The number of unbranched alkanes of at least 4 members (excludes halogenated alkanes) is 1. The fraction of sp³-hybridized carbons (Fsp3) is 0.526. The van der Waals surface area contributed by atoms with E-state index in [1.807, 2.05) is 6.92 Å². The van der Waals surface area contributed by atoms with Crippen LogP contribution in [0.3, 0.4) is 0 Å². The monoisotopic (exact) mass is 349 g/mol. The molecule has 132 valence electrons. The van der Waals surface area contributed by atoms with Gasteiger partial charge in [-0.3, -0.25) is 4.28 Å². The summed E-state index contributed by atoms with van der Waals surface area (Å²) in [7, 11) is -3.85. The van der Waals surface area contributed by atoms with Crippen molar-refractivity contribution in [2.45, 2.75) is 63.7 Å². The molecule has 0 spiro atoms. The van der Waals surface area contributed by atoms with Crippen molar-refractivity contribution in [2.75, 3.05) is 0 Å². The third-order valence-electron chi connectivity index (χ3n) is 4.36. The van der Waals surface area contributed by atoms with E-state index in [-0.39, 0.29) is 4.90 Å². The topological polar surface area (TPSA) is 55.7 Å². The molecule has 5 heteroatoms. The minimum atomic E-state index is -3.85. The summed E-state index contributed by atoms with van der Waals surface area (Å²) in [5.74, 6) is 0.308. The molecular weight excluding hydrogens is 322 g/mol. The van der Waals surface area contributed by atoms with Crippen molar-refractivity contribution in [1.29, 1.82) is 0 Å². The van der Waals surface area contributed by atoms with Gasteiger partial charge in [0.15, 0.2) is 0 Å². The van der Waals surface area contributed by atoms with Crippen LogP contribution < -0.4 is 0 Å². The quantitative estimate of drug-likeness (QED) is 0.537. The van der Waals surface area contributed by atoms with E-state index >= 15 is 0 Å². The Morgan fingerprint density at radius 1 is 1.17 bits per heavy atom. The second-order valence-electron chi connectivity index (χ2n) is 6.35. The van der Waals surface area contributed by atoms with Crippen molar-refractivity contribution in [2.24, 2.45) is 11.1 Å². The van der Waals surface area contributed by atoms with Crippen molar-refractivity contribution in [3.8, 4) is 0 Å². The maximum atomic E-state index is 12.3. The molecular formula is C19H27NO3S. The molecule has 1 aromatic carbocycles. The first-order valence-corrected chi connectivity index (χ1v) is 10.2. The van der Waals surface area contributed by atoms with Crippen LogP contribution in [0.2, 0.25) is 0 Å². The summed E-state index contributed by atoms with van der Waals surface area (Å²) < 4.78 is 29.7. The Kier molecular flexibility index (Phi) is 7.03. The first kappa shape index (κ1) is 18.7. The molecule has 2 rings (SSSR count). The van der Waals surface area contributed by atoms with Crippen molar-refractivity contribution in [3.63, 3.8) is 0 Å². The standard InChI is InChI=1S/C19H27NO3S/c1-3-4-9-17-10-7-5-6-8-11-19(17)20-23-24(21,22)18-14-12-16(2)13-15-18/h5-6,12-15,17H,3-4,7-11H2,1-2H3/b6-5-,20-19-. The Labute approximate surface area is 145 Å². The van der Waals surface area contributed by atoms with Crippen LogP contribution in [0.1, 0.15) is 57.4 Å². The van der Waals surface area contributed by atoms with Crippen molar-refractivity contribution >= 4 is 15.8 Å². The van der Waals surface area contributed by atoms with E-state index in [2.05, 4.69) is 24.2 Å².